The van der Waals surface area contributed by atoms with Crippen molar-refractivity contribution < 1.29 is 107 Å². The van der Waals surface area contributed by atoms with Gasteiger partial charge in [0.25, 0.3) is 0 Å². The third kappa shape index (κ3) is 68.4. The van der Waals surface area contributed by atoms with Crippen molar-refractivity contribution in [3.63, 3.8) is 0 Å². The number of allylic oxidation sites excluding steroid dienone is 3. The first-order valence-electron chi connectivity index (χ1n) is 44.7. The molecule has 0 aliphatic heterocycles. The molecule has 5 atom stereocenters. The zero-order chi connectivity index (χ0) is 111. The van der Waals surface area contributed by atoms with Crippen LogP contribution in [0, 0.1) is 0 Å². The largest absolute Gasteiger partial charge is 0.389 e. The van der Waals surface area contributed by atoms with E-state index in [2.05, 4.69) is 194 Å². The Labute approximate surface area is 840 Å². The van der Waals surface area contributed by atoms with Crippen molar-refractivity contribution in [2.45, 2.75) is 104 Å². The second-order valence-electron chi connectivity index (χ2n) is 30.4. The molecule has 0 saturated carbocycles. The molecule has 5 unspecified atom stereocenters. The fourth-order valence-electron chi connectivity index (χ4n) is 10.4. The normalized spacial score (nSPS) is 10.9. The Morgan fingerprint density at radius 2 is 0.535 bits per heavy atom. The molecule has 1 aromatic heterocycles. The Morgan fingerprint density at radius 1 is 0.292 bits per heavy atom. The summed E-state index contributed by atoms with van der Waals surface area (Å²) in [6.07, 6.45) is 8.66. The lowest BCUT2D eigenvalue weighted by Gasteiger charge is -2.27. The van der Waals surface area contributed by atoms with E-state index in [4.69, 9.17) is 0 Å². The zero-order valence-electron chi connectivity index (χ0n) is 83.5. The number of hydrogen-bond donors (Lipinski definition) is 18. The minimum Gasteiger partial charge on any atom is -0.389 e. The van der Waals surface area contributed by atoms with Crippen LogP contribution < -0.4 is 86.2 Å². The van der Waals surface area contributed by atoms with Crippen LogP contribution in [-0.2, 0) is 101 Å². The maximum Gasteiger partial charge on any atom is 0.336 e. The van der Waals surface area contributed by atoms with E-state index in [1.165, 1.54) is 72.3 Å². The van der Waals surface area contributed by atoms with Crippen LogP contribution in [0.3, 0.4) is 0 Å². The van der Waals surface area contributed by atoms with Gasteiger partial charge in [-0.1, -0.05) is 125 Å². The van der Waals surface area contributed by atoms with Crippen molar-refractivity contribution in [3.8, 4) is 0 Å². The van der Waals surface area contributed by atoms with Gasteiger partial charge in [0, 0.05) is 198 Å². The first-order chi connectivity index (χ1) is 67.8. The predicted octanol–water partition coefficient (Wildman–Crippen LogP) is -3.94. The fourth-order valence-corrected chi connectivity index (χ4v) is 10.4. The van der Waals surface area contributed by atoms with Gasteiger partial charge in [-0.2, -0.15) is 0 Å². The molecule has 0 aliphatic carbocycles. The van der Waals surface area contributed by atoms with E-state index in [1.807, 2.05) is 14.7 Å². The van der Waals surface area contributed by atoms with Gasteiger partial charge in [0.15, 0.2) is 17.8 Å². The summed E-state index contributed by atoms with van der Waals surface area (Å²) in [5, 5.41) is 82.6. The number of hydrogen-bond acceptors (Lipinski definition) is 28. The molecular formula is C98H149N21O25. The number of ketones is 2. The van der Waals surface area contributed by atoms with Gasteiger partial charge in [-0.15, -0.1) is 0 Å². The topological polar surface area (TPSA) is 630 Å². The molecule has 0 radical (unpaired) electrons. The molecule has 0 saturated heterocycles. The molecular weight excluding hydrogens is 1870 g/mol. The molecule has 46 nitrogen and oxygen atoms in total. The van der Waals surface area contributed by atoms with Crippen LogP contribution in [0.5, 0.6) is 0 Å². The maximum absolute atomic E-state index is 12.9. The van der Waals surface area contributed by atoms with Crippen molar-refractivity contribution in [2.75, 3.05) is 157 Å². The van der Waals surface area contributed by atoms with E-state index in [9.17, 15) is 121 Å². The molecule has 0 fully saturated rings. The predicted molar refractivity (Wildman–Crippen MR) is 551 cm³/mol. The zero-order valence-corrected chi connectivity index (χ0v) is 83.5. The summed E-state index contributed by atoms with van der Waals surface area (Å²) in [5.41, 5.74) is -0.954. The Hall–Kier alpha value is -15.6. The summed E-state index contributed by atoms with van der Waals surface area (Å²) in [4.78, 5) is 240. The third-order valence-corrected chi connectivity index (χ3v) is 18.5. The average Bonchev–Trinajstić information content (AvgIpc) is 0.776. The molecule has 0 spiro atoms. The first-order valence-corrected chi connectivity index (χ1v) is 44.7. The van der Waals surface area contributed by atoms with Gasteiger partial charge in [0.1, 0.15) is 6.10 Å². The Kier molecular flexibility index (Phi) is 78.1. The molecule has 144 heavy (non-hydrogen) atoms. The first kappa shape index (κ1) is 137. The number of aliphatic hydroxyl groups is 5. The number of carbonyl (C=O) groups excluding carboxylic acids is 17. The maximum atomic E-state index is 12.9. The molecule has 1 rings (SSSR count). The Bertz CT molecular complexity index is 4450. The van der Waals surface area contributed by atoms with Gasteiger partial charge in [-0.3, -0.25) is 91.3 Å². The number of nitrogens with zero attached hydrogens (tertiary/aromatic N) is 8. The van der Waals surface area contributed by atoms with Crippen LogP contribution in [0.25, 0.3) is 0 Å². The number of Topliss-reactive ketones (excluding diaryl/α,β-unsaturated/α-hetero) is 1. The molecule has 0 aliphatic rings. The summed E-state index contributed by atoms with van der Waals surface area (Å²) >= 11 is 0. The molecule has 796 valence electrons. The quantitative estimate of drug-likeness (QED) is 0.0168. The molecule has 0 bridgehead atoms. The monoisotopic (exact) mass is 2020 g/mol. The number of amides is 15. The highest BCUT2D eigenvalue weighted by Gasteiger charge is 2.25. The van der Waals surface area contributed by atoms with Crippen LogP contribution in [-0.4, -0.2) is 352 Å². The van der Waals surface area contributed by atoms with Crippen LogP contribution in [0.1, 0.15) is 53.9 Å². The fraction of sp³-hybridized carbons (Fsp3) is 0.408. The molecule has 15 amide bonds. The van der Waals surface area contributed by atoms with Crippen molar-refractivity contribution in [3.05, 3.63) is 269 Å². The molecule has 18 N–H and O–H groups in total. The smallest absolute Gasteiger partial charge is 0.336 e. The summed E-state index contributed by atoms with van der Waals surface area (Å²) in [5.74, 6) is -5.48. The molecule has 0 aromatic carbocycles. The average molecular weight is 2020 g/mol. The van der Waals surface area contributed by atoms with Gasteiger partial charge >= 0.3 is 17.1 Å². The van der Waals surface area contributed by atoms with Crippen molar-refractivity contribution in [1.82, 2.24) is 107 Å². The molecule has 1 heterocycles. The van der Waals surface area contributed by atoms with Gasteiger partial charge < -0.3 is 109 Å². The van der Waals surface area contributed by atoms with Gasteiger partial charge in [0.2, 0.25) is 88.6 Å². The SMILES string of the molecule is C=C(C)C(=O)CC(O)C(O)NC(=O)C(=C)C.C=C(C)C(=O)NCCN(CCNC(=O)C(=C)C)CCNC(=O)C(=C)C.C=CC(=C)N(CCNC(=O)C=C)CCNC(=O)C=C.C=CC(=O)CCCN(CCN(CCNC(=O)C=C)C(=O)C=C)C(=O)C=C.C=CC(=O)NCC(O)Cn1c(=O)n(CC(O)CNC(=O)C=C)c(=O)n(CC(O)CNC(=O)C=C)c1=O.C=CC(=O)NCCN(CCNC(=O)C=C)CCNC(=O)C=C. The molecule has 46 heteroatoms. The van der Waals surface area contributed by atoms with Crippen LogP contribution in [0.4, 0.5) is 0 Å². The van der Waals surface area contributed by atoms with E-state index >= 15 is 0 Å². The third-order valence-electron chi connectivity index (χ3n) is 18.5. The van der Waals surface area contributed by atoms with E-state index in [-0.39, 0.29) is 140 Å². The minimum atomic E-state index is -1.49. The number of carbonyl (C=O) groups is 17. The standard InChI is InChI=1S/C21H30N6O9.C19H27N3O4.C18H30N4O3.C15H24N4O3.C14H21N3O2.C11H17NO4/c1-4-16(31)22-7-13(28)10-25-19(34)26(11-14(29)8-23-17(32)5-2)21(36)27(20(25)35)12-15(30)9-24-18(33)6-3;1-5-16(23)10-9-12-21(18(25)7-3)14-15-22(19(26)8-4)13-11-20-17(24)6-2;1-13(2)16(23)19-7-10-22(11-8-20-17(24)14(3)4)12-9-21-18(25)15(5)6;1-4-13(20)16-7-10-19(11-8-17-14(21)5-2)12-9-18-15(22)6-3;1-5-12(4)17(10-8-15-13(18)6-2)11-9-16-14(19)7-3;1-6(2)8(13)5-9(14)11(16)12-10(15)7(3)4/h4-6,13-15,28-30H,1-3,7-12H2,(H,22,31)(H,23,32)(H,24,33);5-8H,1-4,9-15H2,(H,20,24);1,3,5,7-12H2,2,4,6H3,(H,19,23)(H,20,24)(H,21,25);4-6H,1-3,7-12H2,(H,16,20)(H,17,21)(H,18,22);5-7H,1-4,8-11H2,(H,15,18)(H,16,19);9,11,14,16H,1,3,5H2,2,4H3,(H,12,15). The lowest BCUT2D eigenvalue weighted by molar-refractivity contribution is -0.130. The van der Waals surface area contributed by atoms with Gasteiger partial charge in [-0.25, -0.2) is 28.1 Å². The Balaban J connectivity index is -0.000000547. The lowest BCUT2D eigenvalue weighted by atomic mass is 10.1. The van der Waals surface area contributed by atoms with Gasteiger partial charge in [-0.05, 0) is 126 Å². The van der Waals surface area contributed by atoms with Crippen LogP contribution >= 0.6 is 0 Å². The number of aliphatic hydroxyl groups excluding tert-OH is 5. The second kappa shape index (κ2) is 82.1. The van der Waals surface area contributed by atoms with Crippen molar-refractivity contribution in [2.24, 2.45) is 0 Å². The van der Waals surface area contributed by atoms with Gasteiger partial charge in [0.05, 0.1) is 37.9 Å². The van der Waals surface area contributed by atoms with Crippen molar-refractivity contribution >= 4 is 100 Å². The summed E-state index contributed by atoms with van der Waals surface area (Å²) in [7, 11) is 0. The second-order valence-corrected chi connectivity index (χ2v) is 30.4. The van der Waals surface area contributed by atoms with E-state index in [1.54, 1.807) is 26.8 Å². The summed E-state index contributed by atoms with van der Waals surface area (Å²) < 4.78 is 1.49. The highest BCUT2D eigenvalue weighted by molar-refractivity contribution is 5.96. The number of rotatable bonds is 69. The summed E-state index contributed by atoms with van der Waals surface area (Å²) in [6, 6.07) is 0. The van der Waals surface area contributed by atoms with Crippen LogP contribution in [0.2, 0.25) is 0 Å². The number of nitrogens with one attached hydrogen (secondary N) is 13. The Morgan fingerprint density at radius 3 is 0.771 bits per heavy atom. The van der Waals surface area contributed by atoms with E-state index in [0.717, 1.165) is 30.0 Å². The minimum absolute atomic E-state index is 0.0857. The number of aromatic nitrogens is 3. The van der Waals surface area contributed by atoms with Crippen molar-refractivity contribution in [1.29, 1.82) is 0 Å². The summed E-state index contributed by atoms with van der Waals surface area (Å²) in [6.45, 7) is 80.0. The molecule has 1 aromatic rings. The van der Waals surface area contributed by atoms with E-state index < -0.39 is 91.0 Å². The van der Waals surface area contributed by atoms with E-state index in [0.29, 0.717) is 155 Å². The highest BCUT2D eigenvalue weighted by atomic mass is 16.3. The van der Waals surface area contributed by atoms with Crippen LogP contribution in [0.15, 0.2) is 252 Å². The lowest BCUT2D eigenvalue weighted by Crippen LogP contribution is -2.58. The highest BCUT2D eigenvalue weighted by Crippen LogP contribution is 2.07.